The lowest BCUT2D eigenvalue weighted by atomic mass is 10.1. The topological polar surface area (TPSA) is 69.1 Å². The standard InChI is InChI=1S/C19H32N4O2S/c1-4-20-18(21-13-16-5-7-17(26-3)8-6-16)22-14-19(2,24)15-23-9-11-25-12-10-23/h5-8,24H,4,9-15H2,1-3H3,(H2,20,21,22). The first-order chi connectivity index (χ1) is 12.5. The van der Waals surface area contributed by atoms with E-state index in [-0.39, 0.29) is 0 Å². The highest BCUT2D eigenvalue weighted by Crippen LogP contribution is 2.15. The number of hydrogen-bond donors (Lipinski definition) is 3. The van der Waals surface area contributed by atoms with Gasteiger partial charge in [-0.05, 0) is 37.8 Å². The zero-order chi connectivity index (χ0) is 18.8. The van der Waals surface area contributed by atoms with E-state index in [0.29, 0.717) is 19.6 Å². The minimum Gasteiger partial charge on any atom is -0.387 e. The molecule has 6 nitrogen and oxygen atoms in total. The Morgan fingerprint density at radius 1 is 1.27 bits per heavy atom. The SMILES string of the molecule is CCNC(=NCc1ccc(SC)cc1)NCC(C)(O)CN1CCOCC1. The van der Waals surface area contributed by atoms with Gasteiger partial charge in [0.15, 0.2) is 5.96 Å². The van der Waals surface area contributed by atoms with Gasteiger partial charge in [0.05, 0.1) is 25.4 Å². The van der Waals surface area contributed by atoms with Gasteiger partial charge in [0.1, 0.15) is 0 Å². The Labute approximate surface area is 161 Å². The summed E-state index contributed by atoms with van der Waals surface area (Å²) in [7, 11) is 0. The van der Waals surface area contributed by atoms with E-state index in [2.05, 4.69) is 51.0 Å². The van der Waals surface area contributed by atoms with Crippen molar-refractivity contribution in [1.82, 2.24) is 15.5 Å². The molecule has 1 heterocycles. The van der Waals surface area contributed by atoms with Gasteiger partial charge in [-0.25, -0.2) is 4.99 Å². The van der Waals surface area contributed by atoms with E-state index < -0.39 is 5.60 Å². The number of nitrogens with one attached hydrogen (secondary N) is 2. The second-order valence-electron chi connectivity index (χ2n) is 6.78. The second-order valence-corrected chi connectivity index (χ2v) is 7.66. The Bertz CT molecular complexity index is 557. The van der Waals surface area contributed by atoms with Crippen LogP contribution in [0.15, 0.2) is 34.2 Å². The molecule has 0 saturated carbocycles. The van der Waals surface area contributed by atoms with Gasteiger partial charge in [-0.1, -0.05) is 12.1 Å². The molecule has 0 amide bonds. The number of β-amino-alcohol motifs (C(OH)–C–C–N with tert-alkyl or cyclic N) is 1. The highest BCUT2D eigenvalue weighted by molar-refractivity contribution is 7.98. The molecule has 1 fully saturated rings. The first-order valence-electron chi connectivity index (χ1n) is 9.20. The van der Waals surface area contributed by atoms with Gasteiger partial charge in [0.2, 0.25) is 0 Å². The van der Waals surface area contributed by atoms with Crippen LogP contribution in [0.3, 0.4) is 0 Å². The number of hydrogen-bond acceptors (Lipinski definition) is 5. The van der Waals surface area contributed by atoms with Crippen LogP contribution in [-0.4, -0.2) is 73.8 Å². The number of guanidine groups is 1. The molecule has 2 rings (SSSR count). The third-order valence-corrected chi connectivity index (χ3v) is 4.97. The molecule has 26 heavy (non-hydrogen) atoms. The summed E-state index contributed by atoms with van der Waals surface area (Å²) in [4.78, 5) is 8.12. The molecule has 1 unspecified atom stereocenters. The summed E-state index contributed by atoms with van der Waals surface area (Å²) >= 11 is 1.73. The van der Waals surface area contributed by atoms with Crippen molar-refractivity contribution in [2.24, 2.45) is 4.99 Å². The third-order valence-electron chi connectivity index (χ3n) is 4.23. The minimum absolute atomic E-state index is 0.446. The van der Waals surface area contributed by atoms with Gasteiger partial charge in [-0.15, -0.1) is 11.8 Å². The molecule has 1 atom stereocenters. The Balaban J connectivity index is 1.86. The molecular formula is C19H32N4O2S. The third kappa shape index (κ3) is 7.53. The maximum Gasteiger partial charge on any atom is 0.191 e. The van der Waals surface area contributed by atoms with Crippen LogP contribution < -0.4 is 10.6 Å². The number of thioether (sulfide) groups is 1. The highest BCUT2D eigenvalue weighted by Gasteiger charge is 2.25. The number of ether oxygens (including phenoxy) is 1. The van der Waals surface area contributed by atoms with Gasteiger partial charge < -0.3 is 20.5 Å². The molecule has 3 N–H and O–H groups in total. The number of aliphatic hydroxyl groups is 1. The Morgan fingerprint density at radius 2 is 1.96 bits per heavy atom. The smallest absolute Gasteiger partial charge is 0.191 e. The van der Waals surface area contributed by atoms with E-state index in [4.69, 9.17) is 4.74 Å². The number of morpholine rings is 1. The fourth-order valence-corrected chi connectivity index (χ4v) is 3.22. The van der Waals surface area contributed by atoms with Crippen molar-refractivity contribution in [2.75, 3.05) is 52.2 Å². The molecule has 0 spiro atoms. The summed E-state index contributed by atoms with van der Waals surface area (Å²) in [5, 5.41) is 17.2. The van der Waals surface area contributed by atoms with Crippen molar-refractivity contribution in [3.05, 3.63) is 29.8 Å². The van der Waals surface area contributed by atoms with Crippen LogP contribution in [0.5, 0.6) is 0 Å². The van der Waals surface area contributed by atoms with Crippen LogP contribution in [-0.2, 0) is 11.3 Å². The zero-order valence-electron chi connectivity index (χ0n) is 16.1. The van der Waals surface area contributed by atoms with E-state index in [9.17, 15) is 5.11 Å². The molecule has 1 aliphatic heterocycles. The molecule has 0 bridgehead atoms. The molecular weight excluding hydrogens is 348 g/mol. The molecule has 1 saturated heterocycles. The maximum absolute atomic E-state index is 10.7. The quantitative estimate of drug-likeness (QED) is 0.361. The summed E-state index contributed by atoms with van der Waals surface area (Å²) in [6, 6.07) is 8.44. The summed E-state index contributed by atoms with van der Waals surface area (Å²) in [6.45, 7) is 9.58. The molecule has 1 aromatic rings. The first kappa shape index (κ1) is 21.0. The Kier molecular flexibility index (Phi) is 8.71. The fraction of sp³-hybridized carbons (Fsp3) is 0.632. The fourth-order valence-electron chi connectivity index (χ4n) is 2.81. The van der Waals surface area contributed by atoms with E-state index in [1.807, 2.05) is 13.8 Å². The van der Waals surface area contributed by atoms with Crippen molar-refractivity contribution >= 4 is 17.7 Å². The molecule has 1 aliphatic rings. The number of rotatable bonds is 8. The van der Waals surface area contributed by atoms with Crippen LogP contribution >= 0.6 is 11.8 Å². The largest absolute Gasteiger partial charge is 0.387 e. The highest BCUT2D eigenvalue weighted by atomic mass is 32.2. The van der Waals surface area contributed by atoms with Crippen molar-refractivity contribution in [3.8, 4) is 0 Å². The zero-order valence-corrected chi connectivity index (χ0v) is 16.9. The Hall–Kier alpha value is -1.28. The molecule has 0 radical (unpaired) electrons. The van der Waals surface area contributed by atoms with Crippen LogP contribution in [0, 0.1) is 0 Å². The predicted molar refractivity (Wildman–Crippen MR) is 109 cm³/mol. The first-order valence-corrected chi connectivity index (χ1v) is 10.4. The van der Waals surface area contributed by atoms with Gasteiger partial charge in [-0.3, -0.25) is 4.90 Å². The van der Waals surface area contributed by atoms with Crippen molar-refractivity contribution in [2.45, 2.75) is 30.9 Å². The number of nitrogens with zero attached hydrogens (tertiary/aromatic N) is 2. The van der Waals surface area contributed by atoms with Gasteiger partial charge >= 0.3 is 0 Å². The van der Waals surface area contributed by atoms with Gasteiger partial charge in [0, 0.05) is 37.6 Å². The minimum atomic E-state index is -0.826. The van der Waals surface area contributed by atoms with Crippen LogP contribution in [0.4, 0.5) is 0 Å². The van der Waals surface area contributed by atoms with Crippen molar-refractivity contribution in [1.29, 1.82) is 0 Å². The molecule has 7 heteroatoms. The van der Waals surface area contributed by atoms with E-state index >= 15 is 0 Å². The lowest BCUT2D eigenvalue weighted by molar-refractivity contribution is -0.0201. The monoisotopic (exact) mass is 380 g/mol. The lowest BCUT2D eigenvalue weighted by Gasteiger charge is -2.34. The van der Waals surface area contributed by atoms with Crippen molar-refractivity contribution < 1.29 is 9.84 Å². The van der Waals surface area contributed by atoms with E-state index in [1.165, 1.54) is 10.5 Å². The van der Waals surface area contributed by atoms with Crippen LogP contribution in [0.1, 0.15) is 19.4 Å². The molecule has 1 aromatic carbocycles. The predicted octanol–water partition coefficient (Wildman–Crippen LogP) is 1.55. The Morgan fingerprint density at radius 3 is 2.58 bits per heavy atom. The maximum atomic E-state index is 10.7. The lowest BCUT2D eigenvalue weighted by Crippen LogP contribution is -2.52. The normalized spacial score (nSPS) is 18.4. The summed E-state index contributed by atoms with van der Waals surface area (Å²) in [5.41, 5.74) is 0.341. The molecule has 146 valence electrons. The van der Waals surface area contributed by atoms with Gasteiger partial charge in [0.25, 0.3) is 0 Å². The average Bonchev–Trinajstić information content (AvgIpc) is 2.65. The summed E-state index contributed by atoms with van der Waals surface area (Å²) in [6.07, 6.45) is 2.07. The molecule has 0 aromatic heterocycles. The number of benzene rings is 1. The average molecular weight is 381 g/mol. The summed E-state index contributed by atoms with van der Waals surface area (Å²) in [5.74, 6) is 0.726. The second kappa shape index (κ2) is 10.8. The van der Waals surface area contributed by atoms with E-state index in [0.717, 1.165) is 38.8 Å². The number of aliphatic imine (C=N–C) groups is 1. The van der Waals surface area contributed by atoms with Crippen LogP contribution in [0.25, 0.3) is 0 Å². The molecule has 0 aliphatic carbocycles. The van der Waals surface area contributed by atoms with Gasteiger partial charge in [-0.2, -0.15) is 0 Å². The van der Waals surface area contributed by atoms with Crippen LogP contribution in [0.2, 0.25) is 0 Å². The van der Waals surface area contributed by atoms with E-state index in [1.54, 1.807) is 11.8 Å². The van der Waals surface area contributed by atoms with Crippen molar-refractivity contribution in [3.63, 3.8) is 0 Å². The summed E-state index contributed by atoms with van der Waals surface area (Å²) < 4.78 is 5.36.